The molecule has 1 unspecified atom stereocenters. The standard InChI is InChI=1S/C12H15BrO4/c1-6-5-8(16-3)11(17-4)9(10(6)13)7(2)12(14)15/h5,7H,1-4H3,(H,14,15). The number of ether oxygens (including phenoxy) is 2. The van der Waals surface area contributed by atoms with Crippen LogP contribution in [0.5, 0.6) is 11.5 Å². The van der Waals surface area contributed by atoms with Crippen LogP contribution in [0.15, 0.2) is 10.5 Å². The summed E-state index contributed by atoms with van der Waals surface area (Å²) in [7, 11) is 3.03. The van der Waals surface area contributed by atoms with E-state index in [1.54, 1.807) is 13.0 Å². The van der Waals surface area contributed by atoms with Crippen molar-refractivity contribution in [3.63, 3.8) is 0 Å². The van der Waals surface area contributed by atoms with Crippen LogP contribution in [-0.4, -0.2) is 25.3 Å². The number of hydrogen-bond acceptors (Lipinski definition) is 3. The zero-order valence-corrected chi connectivity index (χ0v) is 11.8. The van der Waals surface area contributed by atoms with Gasteiger partial charge >= 0.3 is 5.97 Å². The number of aryl methyl sites for hydroxylation is 1. The summed E-state index contributed by atoms with van der Waals surface area (Å²) < 4.78 is 11.2. The maximum Gasteiger partial charge on any atom is 0.310 e. The van der Waals surface area contributed by atoms with Crippen LogP contribution in [-0.2, 0) is 4.79 Å². The van der Waals surface area contributed by atoms with E-state index >= 15 is 0 Å². The van der Waals surface area contributed by atoms with Crippen molar-refractivity contribution in [1.82, 2.24) is 0 Å². The fraction of sp³-hybridized carbons (Fsp3) is 0.417. The number of carbonyl (C=O) groups is 1. The Balaban J connectivity index is 3.53. The Bertz CT molecular complexity index is 443. The van der Waals surface area contributed by atoms with Crippen molar-refractivity contribution >= 4 is 21.9 Å². The zero-order valence-electron chi connectivity index (χ0n) is 10.2. The third-order valence-electron chi connectivity index (χ3n) is 2.63. The van der Waals surface area contributed by atoms with E-state index in [-0.39, 0.29) is 0 Å². The van der Waals surface area contributed by atoms with E-state index in [4.69, 9.17) is 14.6 Å². The van der Waals surface area contributed by atoms with Crippen molar-refractivity contribution in [2.45, 2.75) is 19.8 Å². The molecule has 0 aliphatic rings. The van der Waals surface area contributed by atoms with Crippen LogP contribution in [0.25, 0.3) is 0 Å². The SMILES string of the molecule is COc1cc(C)c(Br)c(C(C)C(=O)O)c1OC. The number of rotatable bonds is 4. The molecule has 1 aromatic carbocycles. The van der Waals surface area contributed by atoms with Crippen molar-refractivity contribution in [3.05, 3.63) is 21.7 Å². The van der Waals surface area contributed by atoms with Crippen LogP contribution in [0.4, 0.5) is 0 Å². The molecule has 0 radical (unpaired) electrons. The first-order valence-corrected chi connectivity index (χ1v) is 5.87. The molecule has 1 N–H and O–H groups in total. The first-order chi connectivity index (χ1) is 7.93. The molecule has 0 heterocycles. The molecule has 0 saturated heterocycles. The molecule has 5 heteroatoms. The molecule has 0 bridgehead atoms. The summed E-state index contributed by atoms with van der Waals surface area (Å²) in [6, 6.07) is 1.81. The van der Waals surface area contributed by atoms with E-state index in [0.717, 1.165) is 10.0 Å². The van der Waals surface area contributed by atoms with Crippen molar-refractivity contribution in [3.8, 4) is 11.5 Å². The van der Waals surface area contributed by atoms with Gasteiger partial charge in [0.25, 0.3) is 0 Å². The number of carboxylic acids is 1. The molecular weight excluding hydrogens is 288 g/mol. The second-order valence-electron chi connectivity index (χ2n) is 3.72. The van der Waals surface area contributed by atoms with E-state index in [2.05, 4.69) is 15.9 Å². The van der Waals surface area contributed by atoms with Crippen LogP contribution < -0.4 is 9.47 Å². The molecule has 0 aliphatic carbocycles. The summed E-state index contributed by atoms with van der Waals surface area (Å²) in [5.41, 5.74) is 1.50. The highest BCUT2D eigenvalue weighted by Crippen LogP contribution is 2.42. The normalized spacial score (nSPS) is 12.1. The average Bonchev–Trinajstić information content (AvgIpc) is 2.30. The fourth-order valence-corrected chi connectivity index (χ4v) is 2.28. The summed E-state index contributed by atoms with van der Waals surface area (Å²) in [6.07, 6.45) is 0. The minimum atomic E-state index is -0.906. The van der Waals surface area contributed by atoms with Gasteiger partial charge in [-0.3, -0.25) is 4.79 Å². The van der Waals surface area contributed by atoms with Gasteiger partial charge in [0.1, 0.15) is 0 Å². The van der Waals surface area contributed by atoms with Crippen molar-refractivity contribution in [1.29, 1.82) is 0 Å². The molecule has 1 rings (SSSR count). The highest BCUT2D eigenvalue weighted by Gasteiger charge is 2.25. The maximum atomic E-state index is 11.1. The van der Waals surface area contributed by atoms with E-state index in [1.165, 1.54) is 14.2 Å². The van der Waals surface area contributed by atoms with Gasteiger partial charge < -0.3 is 14.6 Å². The third-order valence-corrected chi connectivity index (χ3v) is 3.68. The molecule has 4 nitrogen and oxygen atoms in total. The molecular formula is C12H15BrO4. The third kappa shape index (κ3) is 2.54. The second kappa shape index (κ2) is 5.40. The lowest BCUT2D eigenvalue weighted by atomic mass is 9.97. The molecule has 17 heavy (non-hydrogen) atoms. The van der Waals surface area contributed by atoms with E-state index in [9.17, 15) is 4.79 Å². The largest absolute Gasteiger partial charge is 0.493 e. The Kier molecular flexibility index (Phi) is 4.40. The number of halogens is 1. The first-order valence-electron chi connectivity index (χ1n) is 5.07. The summed E-state index contributed by atoms with van der Waals surface area (Å²) in [5, 5.41) is 9.12. The average molecular weight is 303 g/mol. The molecule has 94 valence electrons. The van der Waals surface area contributed by atoms with Gasteiger partial charge in [-0.2, -0.15) is 0 Å². The Morgan fingerprint density at radius 2 is 2.00 bits per heavy atom. The van der Waals surface area contributed by atoms with Gasteiger partial charge in [-0.25, -0.2) is 0 Å². The van der Waals surface area contributed by atoms with Crippen LogP contribution in [0.2, 0.25) is 0 Å². The van der Waals surface area contributed by atoms with E-state index < -0.39 is 11.9 Å². The number of hydrogen-bond donors (Lipinski definition) is 1. The lowest BCUT2D eigenvalue weighted by Crippen LogP contribution is -2.11. The molecule has 0 fully saturated rings. The molecule has 0 aromatic heterocycles. The maximum absolute atomic E-state index is 11.1. The van der Waals surface area contributed by atoms with Crippen molar-refractivity contribution in [2.75, 3.05) is 14.2 Å². The molecule has 1 aromatic rings. The van der Waals surface area contributed by atoms with Crippen LogP contribution in [0.3, 0.4) is 0 Å². The molecule has 0 spiro atoms. The molecule has 0 aliphatic heterocycles. The predicted molar refractivity (Wildman–Crippen MR) is 68.0 cm³/mol. The number of benzene rings is 1. The van der Waals surface area contributed by atoms with Gasteiger partial charge in [-0.15, -0.1) is 0 Å². The Hall–Kier alpha value is -1.23. The van der Waals surface area contributed by atoms with Gasteiger partial charge in [0.05, 0.1) is 20.1 Å². The summed E-state index contributed by atoms with van der Waals surface area (Å²) in [4.78, 5) is 11.1. The minimum Gasteiger partial charge on any atom is -0.493 e. The predicted octanol–water partition coefficient (Wildman–Crippen LogP) is 2.96. The van der Waals surface area contributed by atoms with Crippen LogP contribution >= 0.6 is 15.9 Å². The number of aliphatic carboxylic acids is 1. The topological polar surface area (TPSA) is 55.8 Å². The van der Waals surface area contributed by atoms with Crippen molar-refractivity contribution in [2.24, 2.45) is 0 Å². The van der Waals surface area contributed by atoms with Gasteiger partial charge in [-0.1, -0.05) is 15.9 Å². The van der Waals surface area contributed by atoms with Crippen LogP contribution in [0, 0.1) is 6.92 Å². The van der Waals surface area contributed by atoms with Gasteiger partial charge in [0.15, 0.2) is 11.5 Å². The lowest BCUT2D eigenvalue weighted by molar-refractivity contribution is -0.138. The first kappa shape index (κ1) is 13.8. The Morgan fingerprint density at radius 1 is 1.41 bits per heavy atom. The van der Waals surface area contributed by atoms with Gasteiger partial charge in [0, 0.05) is 10.0 Å². The van der Waals surface area contributed by atoms with E-state index in [0.29, 0.717) is 17.1 Å². The monoisotopic (exact) mass is 302 g/mol. The Labute approximate surface area is 109 Å². The summed E-state index contributed by atoms with van der Waals surface area (Å²) >= 11 is 3.41. The quantitative estimate of drug-likeness (QED) is 0.929. The highest BCUT2D eigenvalue weighted by molar-refractivity contribution is 9.10. The second-order valence-corrected chi connectivity index (χ2v) is 4.51. The number of carboxylic acid groups (broad SMARTS) is 1. The lowest BCUT2D eigenvalue weighted by Gasteiger charge is -2.18. The molecule has 0 amide bonds. The summed E-state index contributed by atoms with van der Waals surface area (Å²) in [5.74, 6) is -0.582. The highest BCUT2D eigenvalue weighted by atomic mass is 79.9. The van der Waals surface area contributed by atoms with Crippen molar-refractivity contribution < 1.29 is 19.4 Å². The zero-order chi connectivity index (χ0) is 13.2. The summed E-state index contributed by atoms with van der Waals surface area (Å²) in [6.45, 7) is 3.49. The number of methoxy groups -OCH3 is 2. The smallest absolute Gasteiger partial charge is 0.310 e. The minimum absolute atomic E-state index is 0.458. The Morgan fingerprint density at radius 3 is 2.41 bits per heavy atom. The molecule has 1 atom stereocenters. The fourth-order valence-electron chi connectivity index (χ4n) is 1.64. The molecule has 0 saturated carbocycles. The van der Waals surface area contributed by atoms with Crippen LogP contribution in [0.1, 0.15) is 24.0 Å². The van der Waals surface area contributed by atoms with Gasteiger partial charge in [-0.05, 0) is 25.5 Å². The van der Waals surface area contributed by atoms with E-state index in [1.807, 2.05) is 6.92 Å². The van der Waals surface area contributed by atoms with Gasteiger partial charge in [0.2, 0.25) is 0 Å².